The van der Waals surface area contributed by atoms with Crippen LogP contribution in [0.4, 0.5) is 0 Å². The van der Waals surface area contributed by atoms with Gasteiger partial charge >= 0.3 is 0 Å². The summed E-state index contributed by atoms with van der Waals surface area (Å²) < 4.78 is 22.5. The summed E-state index contributed by atoms with van der Waals surface area (Å²) in [6, 6.07) is 18.1. The second-order valence-electron chi connectivity index (χ2n) is 10.8. The van der Waals surface area contributed by atoms with Crippen LogP contribution in [0.5, 0.6) is 11.5 Å². The van der Waals surface area contributed by atoms with Crippen LogP contribution in [0.15, 0.2) is 48.5 Å². The van der Waals surface area contributed by atoms with Crippen LogP contribution < -0.4 is 9.47 Å². The van der Waals surface area contributed by atoms with Crippen LogP contribution in [0.25, 0.3) is 0 Å². The van der Waals surface area contributed by atoms with E-state index in [0.717, 1.165) is 48.4 Å². The van der Waals surface area contributed by atoms with Crippen molar-refractivity contribution in [2.75, 3.05) is 26.4 Å². The lowest BCUT2D eigenvalue weighted by Crippen LogP contribution is -2.56. The van der Waals surface area contributed by atoms with Gasteiger partial charge in [-0.1, -0.05) is 24.3 Å². The maximum atomic E-state index is 5.94. The van der Waals surface area contributed by atoms with Gasteiger partial charge in [-0.05, 0) is 91.2 Å². The third kappa shape index (κ3) is 3.34. The molecule has 2 atom stereocenters. The quantitative estimate of drug-likeness (QED) is 0.552. The SMILES string of the molecule is c1cc(C2(c3ccc(OCC4CO4)cc3)C3CC4CC(C3)CC2C4)ccc1OCC1CO1. The molecule has 6 aliphatic rings. The first kappa shape index (κ1) is 19.4. The van der Waals surface area contributed by atoms with Gasteiger partial charge in [0.05, 0.1) is 13.2 Å². The van der Waals surface area contributed by atoms with Crippen molar-refractivity contribution < 1.29 is 18.9 Å². The highest BCUT2D eigenvalue weighted by Crippen LogP contribution is 2.65. The van der Waals surface area contributed by atoms with Crippen LogP contribution in [0.3, 0.4) is 0 Å². The molecule has 0 aromatic heterocycles. The summed E-state index contributed by atoms with van der Waals surface area (Å²) in [7, 11) is 0. The molecule has 4 aliphatic carbocycles. The Hall–Kier alpha value is -2.04. The molecule has 2 aromatic rings. The minimum Gasteiger partial charge on any atom is -0.491 e. The maximum absolute atomic E-state index is 5.94. The topological polar surface area (TPSA) is 43.5 Å². The van der Waals surface area contributed by atoms with Gasteiger partial charge in [0.15, 0.2) is 0 Å². The highest BCUT2D eigenvalue weighted by molar-refractivity contribution is 5.47. The highest BCUT2D eigenvalue weighted by atomic mass is 16.6. The number of rotatable bonds is 8. The lowest BCUT2D eigenvalue weighted by Gasteiger charge is -2.62. The van der Waals surface area contributed by atoms with Crippen molar-refractivity contribution in [3.05, 3.63) is 59.7 Å². The largest absolute Gasteiger partial charge is 0.491 e. The summed E-state index contributed by atoms with van der Waals surface area (Å²) in [4.78, 5) is 0. The normalized spacial score (nSPS) is 38.5. The van der Waals surface area contributed by atoms with E-state index in [2.05, 4.69) is 48.5 Å². The van der Waals surface area contributed by atoms with Crippen molar-refractivity contribution in [2.45, 2.75) is 49.7 Å². The van der Waals surface area contributed by atoms with Crippen LogP contribution in [-0.2, 0) is 14.9 Å². The molecule has 0 N–H and O–H groups in total. The number of ether oxygens (including phenoxy) is 4. The molecule has 0 spiro atoms. The second-order valence-corrected chi connectivity index (χ2v) is 10.8. The molecular weight excluding hydrogens is 400 g/mol. The third-order valence-corrected chi connectivity index (χ3v) is 8.77. The molecule has 168 valence electrons. The molecule has 0 radical (unpaired) electrons. The molecule has 4 bridgehead atoms. The molecule has 2 heterocycles. The predicted molar refractivity (Wildman–Crippen MR) is 121 cm³/mol. The summed E-state index contributed by atoms with van der Waals surface area (Å²) in [5, 5.41) is 0. The van der Waals surface area contributed by atoms with Gasteiger partial charge in [0.25, 0.3) is 0 Å². The summed E-state index contributed by atoms with van der Waals surface area (Å²) in [6.45, 7) is 2.99. The molecule has 2 saturated heterocycles. The fraction of sp³-hybridized carbons (Fsp3) is 0.571. The van der Waals surface area contributed by atoms with E-state index in [-0.39, 0.29) is 17.6 Å². The van der Waals surface area contributed by atoms with Gasteiger partial charge < -0.3 is 18.9 Å². The van der Waals surface area contributed by atoms with Gasteiger partial charge in [-0.15, -0.1) is 0 Å². The van der Waals surface area contributed by atoms with E-state index < -0.39 is 0 Å². The number of hydrogen-bond donors (Lipinski definition) is 0. The summed E-state index contributed by atoms with van der Waals surface area (Å²) in [6.07, 6.45) is 7.55. The molecule has 2 aromatic carbocycles. The highest BCUT2D eigenvalue weighted by Gasteiger charge is 2.58. The molecule has 4 saturated carbocycles. The minimum atomic E-state index is 0.115. The van der Waals surface area contributed by atoms with Crippen LogP contribution >= 0.6 is 0 Å². The number of epoxide rings is 2. The Balaban J connectivity index is 1.22. The van der Waals surface area contributed by atoms with E-state index in [9.17, 15) is 0 Å². The zero-order valence-corrected chi connectivity index (χ0v) is 18.6. The summed E-state index contributed by atoms with van der Waals surface area (Å²) in [5.41, 5.74) is 3.06. The number of benzene rings is 2. The molecule has 4 heteroatoms. The molecule has 8 rings (SSSR count). The zero-order valence-electron chi connectivity index (χ0n) is 18.6. The first-order valence-electron chi connectivity index (χ1n) is 12.5. The zero-order chi connectivity index (χ0) is 21.1. The Kier molecular flexibility index (Phi) is 4.55. The van der Waals surface area contributed by atoms with Gasteiger partial charge in [0.2, 0.25) is 0 Å². The van der Waals surface area contributed by atoms with Gasteiger partial charge in [-0.3, -0.25) is 0 Å². The van der Waals surface area contributed by atoms with Crippen molar-refractivity contribution in [3.63, 3.8) is 0 Å². The third-order valence-electron chi connectivity index (χ3n) is 8.77. The smallest absolute Gasteiger partial charge is 0.119 e. The van der Waals surface area contributed by atoms with Crippen molar-refractivity contribution in [1.29, 1.82) is 0 Å². The Bertz CT molecular complexity index is 868. The van der Waals surface area contributed by atoms with E-state index in [0.29, 0.717) is 13.2 Å². The lowest BCUT2D eigenvalue weighted by molar-refractivity contribution is -0.0418. The Labute approximate surface area is 190 Å². The Morgan fingerprint density at radius 3 is 1.41 bits per heavy atom. The first-order chi connectivity index (χ1) is 15.8. The van der Waals surface area contributed by atoms with Gasteiger partial charge in [-0.2, -0.15) is 0 Å². The van der Waals surface area contributed by atoms with Crippen molar-refractivity contribution in [2.24, 2.45) is 23.7 Å². The molecule has 4 nitrogen and oxygen atoms in total. The van der Waals surface area contributed by atoms with Gasteiger partial charge in [0, 0.05) is 5.41 Å². The van der Waals surface area contributed by atoms with Crippen molar-refractivity contribution in [1.82, 2.24) is 0 Å². The average Bonchev–Trinajstić information content (AvgIpc) is 3.73. The van der Waals surface area contributed by atoms with Crippen LogP contribution in [-0.4, -0.2) is 38.6 Å². The second kappa shape index (κ2) is 7.50. The van der Waals surface area contributed by atoms with Gasteiger partial charge in [-0.25, -0.2) is 0 Å². The first-order valence-corrected chi connectivity index (χ1v) is 12.5. The monoisotopic (exact) mass is 432 g/mol. The molecule has 6 fully saturated rings. The van der Waals surface area contributed by atoms with Gasteiger partial charge in [0.1, 0.15) is 36.9 Å². The standard InChI is InChI=1S/C28H32O4/c1-5-24(29-14-26-16-31-26)6-2-20(1)28(22-10-18-9-19(12-22)13-23(28)11-18)21-3-7-25(8-4-21)30-15-27-17-32-27/h1-8,18-19,22-23,26-27H,9-17H2. The summed E-state index contributed by atoms with van der Waals surface area (Å²) in [5.74, 6) is 5.25. The maximum Gasteiger partial charge on any atom is 0.119 e. The van der Waals surface area contributed by atoms with E-state index in [1.807, 2.05) is 0 Å². The van der Waals surface area contributed by atoms with E-state index in [1.54, 1.807) is 0 Å². The fourth-order valence-electron chi connectivity index (χ4n) is 7.40. The average molecular weight is 433 g/mol. The predicted octanol–water partition coefficient (Wildman–Crippen LogP) is 4.98. The molecule has 2 unspecified atom stereocenters. The van der Waals surface area contributed by atoms with E-state index in [1.165, 1.54) is 43.2 Å². The Morgan fingerprint density at radius 1 is 0.625 bits per heavy atom. The fourth-order valence-corrected chi connectivity index (χ4v) is 7.40. The minimum absolute atomic E-state index is 0.115. The number of hydrogen-bond acceptors (Lipinski definition) is 4. The van der Waals surface area contributed by atoms with Crippen LogP contribution in [0, 0.1) is 23.7 Å². The molecule has 32 heavy (non-hydrogen) atoms. The van der Waals surface area contributed by atoms with E-state index in [4.69, 9.17) is 18.9 Å². The molecular formula is C28H32O4. The Morgan fingerprint density at radius 2 is 1.03 bits per heavy atom. The van der Waals surface area contributed by atoms with Crippen LogP contribution in [0.1, 0.15) is 43.2 Å². The summed E-state index contributed by atoms with van der Waals surface area (Å²) >= 11 is 0. The van der Waals surface area contributed by atoms with E-state index >= 15 is 0 Å². The molecule has 2 aliphatic heterocycles. The molecule has 0 amide bonds. The van der Waals surface area contributed by atoms with Crippen molar-refractivity contribution in [3.8, 4) is 11.5 Å². The van der Waals surface area contributed by atoms with Crippen LogP contribution in [0.2, 0.25) is 0 Å². The lowest BCUT2D eigenvalue weighted by atomic mass is 9.42. The van der Waals surface area contributed by atoms with Crippen molar-refractivity contribution >= 4 is 0 Å².